The van der Waals surface area contributed by atoms with Crippen LogP contribution in [0.5, 0.6) is 0 Å². The van der Waals surface area contributed by atoms with E-state index in [0.29, 0.717) is 95.7 Å². The van der Waals surface area contributed by atoms with Gasteiger partial charge in [-0.25, -0.2) is 9.48 Å². The molecule has 2 N–H and O–H groups in total. The predicted molar refractivity (Wildman–Crippen MR) is 204 cm³/mol. The van der Waals surface area contributed by atoms with Crippen LogP contribution in [0, 0.1) is 29.1 Å². The van der Waals surface area contributed by atoms with Crippen LogP contribution in [0.3, 0.4) is 0 Å². The quantitative estimate of drug-likeness (QED) is 0.0569. The number of aryl methyl sites for hydroxylation is 1. The summed E-state index contributed by atoms with van der Waals surface area (Å²) in [4.78, 5) is 61.3. The van der Waals surface area contributed by atoms with Crippen LogP contribution in [0.25, 0.3) is 0 Å². The lowest BCUT2D eigenvalue weighted by atomic mass is 9.52. The fourth-order valence-corrected chi connectivity index (χ4v) is 11.6. The first-order valence-corrected chi connectivity index (χ1v) is 21.7. The summed E-state index contributed by atoms with van der Waals surface area (Å²) in [5, 5.41) is 13.9. The fourth-order valence-electron chi connectivity index (χ4n) is 9.93. The maximum absolute atomic E-state index is 13.0. The monoisotopic (exact) mass is 815 g/mol. The van der Waals surface area contributed by atoms with E-state index in [1.54, 1.807) is 16.4 Å². The molecule has 4 aliphatic heterocycles. The number of thioether (sulfide) groups is 1. The number of carbonyl (C=O) groups is 5. The number of nitrogens with one attached hydrogen (secondary N) is 2. The van der Waals surface area contributed by atoms with Gasteiger partial charge in [0.2, 0.25) is 17.7 Å². The molecule has 3 amide bonds. The first-order chi connectivity index (χ1) is 27.5. The van der Waals surface area contributed by atoms with Gasteiger partial charge in [-0.15, -0.1) is 5.10 Å². The van der Waals surface area contributed by atoms with Crippen LogP contribution in [0.2, 0.25) is 0 Å². The van der Waals surface area contributed by atoms with Crippen molar-refractivity contribution in [3.63, 3.8) is 0 Å². The maximum atomic E-state index is 13.0. The van der Waals surface area contributed by atoms with E-state index < -0.39 is 11.0 Å². The second-order valence-corrected chi connectivity index (χ2v) is 17.8. The van der Waals surface area contributed by atoms with Gasteiger partial charge in [-0.05, 0) is 50.9 Å². The molecule has 0 radical (unpaired) electrons. The van der Waals surface area contributed by atoms with E-state index in [-0.39, 0.29) is 77.4 Å². The second-order valence-electron chi connectivity index (χ2n) is 16.5. The van der Waals surface area contributed by atoms with Gasteiger partial charge in [-0.3, -0.25) is 24.5 Å². The third-order valence-corrected chi connectivity index (χ3v) is 14.5. The highest BCUT2D eigenvalue weighted by molar-refractivity contribution is 8.00. The van der Waals surface area contributed by atoms with Crippen LogP contribution in [0.4, 0.5) is 0 Å². The zero-order valence-corrected chi connectivity index (χ0v) is 33.9. The first-order valence-electron chi connectivity index (χ1n) is 20.6. The van der Waals surface area contributed by atoms with Crippen molar-refractivity contribution in [2.75, 3.05) is 51.9 Å². The number of unbranched alkanes of at least 4 members (excludes halogenated alkanes) is 1. The molecule has 10 atom stereocenters. The van der Waals surface area contributed by atoms with Crippen molar-refractivity contribution in [1.29, 1.82) is 0 Å². The maximum Gasteiger partial charge on any atom is 0.334 e. The van der Waals surface area contributed by atoms with Crippen LogP contribution in [0.15, 0.2) is 18.3 Å². The van der Waals surface area contributed by atoms with Crippen LogP contribution in [-0.2, 0) is 65.4 Å². The topological polar surface area (TPSA) is 199 Å². The van der Waals surface area contributed by atoms with Gasteiger partial charge in [-0.2, -0.15) is 11.8 Å². The minimum Gasteiger partial charge on any atom is -0.462 e. The Kier molecular flexibility index (Phi) is 13.4. The number of fused-ring (bicyclic) bond motifs is 3. The molecule has 17 heteroatoms. The zero-order chi connectivity index (χ0) is 40.2. The minimum atomic E-state index is -0.434. The molecule has 2 saturated carbocycles. The zero-order valence-electron chi connectivity index (χ0n) is 33.1. The number of epoxide rings is 1. The van der Waals surface area contributed by atoms with Gasteiger partial charge in [0.1, 0.15) is 17.8 Å². The smallest absolute Gasteiger partial charge is 0.334 e. The molecule has 0 unspecified atom stereocenters. The van der Waals surface area contributed by atoms with Crippen molar-refractivity contribution >= 4 is 41.4 Å². The van der Waals surface area contributed by atoms with Crippen molar-refractivity contribution in [1.82, 2.24) is 25.6 Å². The highest BCUT2D eigenvalue weighted by Gasteiger charge is 2.80. The van der Waals surface area contributed by atoms with Gasteiger partial charge in [0.05, 0.1) is 75.7 Å². The van der Waals surface area contributed by atoms with E-state index in [2.05, 4.69) is 41.4 Å². The summed E-state index contributed by atoms with van der Waals surface area (Å²) in [6.07, 6.45) is 7.72. The predicted octanol–water partition coefficient (Wildman–Crippen LogP) is 2.32. The summed E-state index contributed by atoms with van der Waals surface area (Å²) in [7, 11) is 0. The lowest BCUT2D eigenvalue weighted by Gasteiger charge is -2.52. The summed E-state index contributed by atoms with van der Waals surface area (Å²) < 4.78 is 36.7. The largest absolute Gasteiger partial charge is 0.462 e. The van der Waals surface area contributed by atoms with E-state index in [9.17, 15) is 24.0 Å². The SMILES string of the molecule is C=C1C(=O)O[C@@H]2C[C@@]3(C)[C@H](OC(=O)CCCc4cn(CCOCCOCCOCCNC(=O)CCCC[C@H]5SC[C@H]6C(=O)NC(=O)[C@@H]56)nn4)CC[C@H](C)[C@@]34O[C@H]4[C@H]12. The molecule has 0 bridgehead atoms. The van der Waals surface area contributed by atoms with Crippen molar-refractivity contribution in [3.05, 3.63) is 24.0 Å². The number of esters is 2. The third kappa shape index (κ3) is 8.97. The Labute approximate surface area is 337 Å². The number of amides is 3. The Balaban J connectivity index is 0.669. The van der Waals surface area contributed by atoms with Crippen LogP contribution >= 0.6 is 11.8 Å². The Morgan fingerprint density at radius 3 is 2.60 bits per heavy atom. The second kappa shape index (κ2) is 18.3. The number of nitrogens with zero attached hydrogens (tertiary/aromatic N) is 3. The van der Waals surface area contributed by atoms with Crippen molar-refractivity contribution < 1.29 is 52.4 Å². The molecule has 4 saturated heterocycles. The van der Waals surface area contributed by atoms with Gasteiger partial charge in [-0.1, -0.05) is 32.1 Å². The summed E-state index contributed by atoms with van der Waals surface area (Å²) in [5.74, 6) is -0.404. The fraction of sp³-hybridized carbons (Fsp3) is 0.775. The van der Waals surface area contributed by atoms with Gasteiger partial charge in [0, 0.05) is 47.6 Å². The van der Waals surface area contributed by atoms with E-state index in [1.807, 2.05) is 6.20 Å². The lowest BCUT2D eigenvalue weighted by Crippen LogP contribution is -2.60. The molecule has 7 rings (SSSR count). The molecule has 16 nitrogen and oxygen atoms in total. The molecule has 2 aliphatic carbocycles. The summed E-state index contributed by atoms with van der Waals surface area (Å²) in [6.45, 7) is 11.8. The number of carbonyl (C=O) groups excluding carboxylic acids is 5. The van der Waals surface area contributed by atoms with Crippen LogP contribution in [0.1, 0.15) is 77.3 Å². The molecule has 6 aliphatic rings. The molecule has 1 spiro atoms. The molecule has 1 aromatic heterocycles. The number of hydrogen-bond donors (Lipinski definition) is 2. The number of rotatable bonds is 22. The van der Waals surface area contributed by atoms with E-state index in [4.69, 9.17) is 28.4 Å². The normalized spacial score (nSPS) is 33.6. The summed E-state index contributed by atoms with van der Waals surface area (Å²) in [5.41, 5.74) is 0.444. The van der Waals surface area contributed by atoms with E-state index in [0.717, 1.165) is 37.8 Å². The lowest BCUT2D eigenvalue weighted by molar-refractivity contribution is -0.176. The Morgan fingerprint density at radius 2 is 1.79 bits per heavy atom. The van der Waals surface area contributed by atoms with Gasteiger partial charge < -0.3 is 33.7 Å². The molecule has 1 aromatic rings. The van der Waals surface area contributed by atoms with E-state index in [1.165, 1.54) is 0 Å². The van der Waals surface area contributed by atoms with E-state index >= 15 is 0 Å². The van der Waals surface area contributed by atoms with Crippen molar-refractivity contribution in [2.45, 2.75) is 114 Å². The molecular formula is C40H57N5O11S. The first kappa shape index (κ1) is 41.8. The number of ether oxygens (including phenoxy) is 6. The molecule has 314 valence electrons. The highest BCUT2D eigenvalue weighted by atomic mass is 32.2. The number of imide groups is 1. The molecule has 5 heterocycles. The van der Waals surface area contributed by atoms with Crippen LogP contribution in [-0.4, -0.2) is 126 Å². The average Bonchev–Trinajstić information content (AvgIpc) is 3.41. The molecule has 0 aromatic carbocycles. The molecule has 6 fully saturated rings. The summed E-state index contributed by atoms with van der Waals surface area (Å²) in [6, 6.07) is 0. The van der Waals surface area contributed by atoms with Gasteiger partial charge in [0.15, 0.2) is 0 Å². The average molecular weight is 816 g/mol. The molecule has 57 heavy (non-hydrogen) atoms. The molecular weight excluding hydrogens is 759 g/mol. The van der Waals surface area contributed by atoms with Crippen molar-refractivity contribution in [3.8, 4) is 0 Å². The number of aromatic nitrogens is 3. The van der Waals surface area contributed by atoms with Crippen molar-refractivity contribution in [2.24, 2.45) is 29.1 Å². The number of hydrogen-bond acceptors (Lipinski definition) is 14. The summed E-state index contributed by atoms with van der Waals surface area (Å²) >= 11 is 1.70. The van der Waals surface area contributed by atoms with Gasteiger partial charge >= 0.3 is 11.9 Å². The van der Waals surface area contributed by atoms with Crippen LogP contribution < -0.4 is 10.6 Å². The Hall–Kier alpha value is -3.38. The minimum absolute atomic E-state index is 0.0201. The Bertz CT molecular complexity index is 1670. The third-order valence-electron chi connectivity index (χ3n) is 13.0. The highest BCUT2D eigenvalue weighted by Crippen LogP contribution is 2.70. The standard InChI is InChI=1S/C40H57N5O11S/c1-24-11-12-30(39(3)21-28-33(25(2)38(50)54-28)35-40(24,39)56-35)55-32(47)10-6-7-26-22-45(44-43-26)14-16-52-18-20-53-19-17-51-15-13-41-31(46)9-5-4-8-29-34-27(23-57-29)36(48)42-37(34)49/h22,24,27-30,33-35H,2,4-21,23H2,1,3H3,(H,41,46)(H,42,48,49)/t24-,27+,28+,29+,30+,33+,34+,35-,39-,40-/m0/s1. The van der Waals surface area contributed by atoms with Gasteiger partial charge in [0.25, 0.3) is 0 Å². The Morgan fingerprint density at radius 1 is 1.02 bits per heavy atom.